The van der Waals surface area contributed by atoms with Gasteiger partial charge >= 0.3 is 0 Å². The highest BCUT2D eigenvalue weighted by molar-refractivity contribution is 7.99. The van der Waals surface area contributed by atoms with Crippen molar-refractivity contribution in [3.05, 3.63) is 36.5 Å². The molecule has 17 heavy (non-hydrogen) atoms. The zero-order valence-corrected chi connectivity index (χ0v) is 10.4. The van der Waals surface area contributed by atoms with E-state index in [0.717, 1.165) is 24.1 Å². The van der Waals surface area contributed by atoms with Crippen molar-refractivity contribution in [2.24, 2.45) is 0 Å². The summed E-state index contributed by atoms with van der Waals surface area (Å²) in [5.41, 5.74) is 1.05. The largest absolute Gasteiger partial charge is 0.256 e. The predicted molar refractivity (Wildman–Crippen MR) is 71.9 cm³/mol. The van der Waals surface area contributed by atoms with Crippen LogP contribution < -0.4 is 0 Å². The molecule has 0 aliphatic carbocycles. The number of benzene rings is 1. The molecule has 0 saturated carbocycles. The summed E-state index contributed by atoms with van der Waals surface area (Å²) in [6.45, 7) is 0. The maximum Gasteiger partial charge on any atom is 0.0713 e. The normalized spacial score (nSPS) is 10.3. The van der Waals surface area contributed by atoms with Crippen molar-refractivity contribution in [3.63, 3.8) is 0 Å². The van der Waals surface area contributed by atoms with Crippen LogP contribution in [-0.4, -0.2) is 10.7 Å². The van der Waals surface area contributed by atoms with Crippen LogP contribution in [0.1, 0.15) is 19.3 Å². The Morgan fingerprint density at radius 2 is 2.06 bits per heavy atom. The molecule has 0 N–H and O–H groups in total. The molecule has 2 aromatic rings. The number of rotatable bonds is 5. The molecule has 0 radical (unpaired) electrons. The van der Waals surface area contributed by atoms with Gasteiger partial charge in [-0.05, 0) is 30.7 Å². The van der Waals surface area contributed by atoms with E-state index < -0.39 is 0 Å². The molecule has 1 aromatic carbocycles. The Morgan fingerprint density at radius 3 is 2.94 bits per heavy atom. The number of para-hydroxylation sites is 1. The number of nitriles is 1. The molecule has 0 bridgehead atoms. The number of aromatic nitrogens is 1. The molecule has 1 aromatic heterocycles. The number of hydrogen-bond acceptors (Lipinski definition) is 3. The van der Waals surface area contributed by atoms with Gasteiger partial charge in [-0.2, -0.15) is 5.26 Å². The average Bonchev–Trinajstić information content (AvgIpc) is 2.39. The second kappa shape index (κ2) is 6.27. The number of unbranched alkanes of at least 4 members (excludes halogenated alkanes) is 2. The van der Waals surface area contributed by atoms with Crippen molar-refractivity contribution in [3.8, 4) is 6.07 Å². The molecule has 86 valence electrons. The first kappa shape index (κ1) is 11.9. The average molecular weight is 242 g/mol. The second-order valence-electron chi connectivity index (χ2n) is 3.79. The molecule has 0 atom stereocenters. The molecule has 0 saturated heterocycles. The summed E-state index contributed by atoms with van der Waals surface area (Å²) >= 11 is 1.85. The lowest BCUT2D eigenvalue weighted by molar-refractivity contribution is 0.830. The van der Waals surface area contributed by atoms with E-state index in [2.05, 4.69) is 23.2 Å². The van der Waals surface area contributed by atoms with E-state index in [-0.39, 0.29) is 0 Å². The molecule has 0 aliphatic heterocycles. The van der Waals surface area contributed by atoms with Crippen LogP contribution in [0.4, 0.5) is 0 Å². The van der Waals surface area contributed by atoms with Gasteiger partial charge in [0.15, 0.2) is 0 Å². The van der Waals surface area contributed by atoms with Crippen molar-refractivity contribution in [1.82, 2.24) is 4.98 Å². The first-order chi connectivity index (χ1) is 8.42. The molecule has 0 amide bonds. The van der Waals surface area contributed by atoms with Gasteiger partial charge in [0.2, 0.25) is 0 Å². The fraction of sp³-hybridized carbons (Fsp3) is 0.286. The Labute approximate surface area is 106 Å². The van der Waals surface area contributed by atoms with E-state index >= 15 is 0 Å². The minimum absolute atomic E-state index is 0.664. The van der Waals surface area contributed by atoms with Crippen LogP contribution >= 0.6 is 11.8 Å². The highest BCUT2D eigenvalue weighted by Crippen LogP contribution is 2.27. The molecular formula is C14H14N2S. The van der Waals surface area contributed by atoms with Crippen molar-refractivity contribution < 1.29 is 0 Å². The summed E-state index contributed by atoms with van der Waals surface area (Å²) < 4.78 is 0. The Kier molecular flexibility index (Phi) is 4.40. The van der Waals surface area contributed by atoms with Gasteiger partial charge in [-0.1, -0.05) is 18.2 Å². The monoisotopic (exact) mass is 242 g/mol. The second-order valence-corrected chi connectivity index (χ2v) is 4.93. The van der Waals surface area contributed by atoms with E-state index in [1.54, 1.807) is 0 Å². The minimum atomic E-state index is 0.664. The topological polar surface area (TPSA) is 36.7 Å². The summed E-state index contributed by atoms with van der Waals surface area (Å²) in [6.07, 6.45) is 4.61. The van der Waals surface area contributed by atoms with Crippen LogP contribution in [0.2, 0.25) is 0 Å². The molecule has 0 unspecified atom stereocenters. The molecule has 1 heterocycles. The zero-order valence-electron chi connectivity index (χ0n) is 9.60. The van der Waals surface area contributed by atoms with E-state index in [9.17, 15) is 0 Å². The summed E-state index contributed by atoms with van der Waals surface area (Å²) in [7, 11) is 0. The highest BCUT2D eigenvalue weighted by Gasteiger charge is 2.01. The van der Waals surface area contributed by atoms with E-state index in [0.29, 0.717) is 6.42 Å². The molecule has 0 spiro atoms. The smallest absolute Gasteiger partial charge is 0.0713 e. The SMILES string of the molecule is N#CCCCCSc1ccnc2ccccc12. The number of pyridine rings is 1. The minimum Gasteiger partial charge on any atom is -0.256 e. The van der Waals surface area contributed by atoms with Gasteiger partial charge in [-0.3, -0.25) is 4.98 Å². The van der Waals surface area contributed by atoms with Crippen molar-refractivity contribution in [2.45, 2.75) is 24.2 Å². The lowest BCUT2D eigenvalue weighted by Gasteiger charge is -2.04. The van der Waals surface area contributed by atoms with E-state index in [1.165, 1.54) is 10.3 Å². The van der Waals surface area contributed by atoms with Crippen molar-refractivity contribution in [1.29, 1.82) is 5.26 Å². The van der Waals surface area contributed by atoms with Crippen LogP contribution in [0.3, 0.4) is 0 Å². The Bertz CT molecular complexity index is 526. The van der Waals surface area contributed by atoms with E-state index in [4.69, 9.17) is 5.26 Å². The first-order valence-corrected chi connectivity index (χ1v) is 6.74. The van der Waals surface area contributed by atoms with Gasteiger partial charge in [0.05, 0.1) is 11.6 Å². The fourth-order valence-electron chi connectivity index (χ4n) is 1.68. The highest BCUT2D eigenvalue weighted by atomic mass is 32.2. The number of thioether (sulfide) groups is 1. The van der Waals surface area contributed by atoms with Gasteiger partial charge < -0.3 is 0 Å². The summed E-state index contributed by atoms with van der Waals surface area (Å²) in [6, 6.07) is 12.4. The van der Waals surface area contributed by atoms with Gasteiger partial charge in [-0.25, -0.2) is 0 Å². The van der Waals surface area contributed by atoms with Gasteiger partial charge in [0.1, 0.15) is 0 Å². The van der Waals surface area contributed by atoms with Gasteiger partial charge in [0.25, 0.3) is 0 Å². The standard InChI is InChI=1S/C14H14N2S/c15-9-4-1-5-11-17-14-8-10-16-13-7-3-2-6-12(13)14/h2-3,6-8,10H,1,4-5,11H2. The number of hydrogen-bond donors (Lipinski definition) is 0. The molecular weight excluding hydrogens is 228 g/mol. The van der Waals surface area contributed by atoms with Gasteiger partial charge in [0, 0.05) is 22.9 Å². The number of nitrogens with zero attached hydrogens (tertiary/aromatic N) is 2. The van der Waals surface area contributed by atoms with Crippen LogP contribution in [0.15, 0.2) is 41.4 Å². The third-order valence-corrected chi connectivity index (χ3v) is 3.71. The maximum atomic E-state index is 8.46. The molecule has 3 heteroatoms. The molecule has 0 fully saturated rings. The van der Waals surface area contributed by atoms with E-state index in [1.807, 2.05) is 36.2 Å². The molecule has 2 rings (SSSR count). The lowest BCUT2D eigenvalue weighted by Crippen LogP contribution is -1.84. The summed E-state index contributed by atoms with van der Waals surface area (Å²) in [4.78, 5) is 5.63. The third kappa shape index (κ3) is 3.21. The van der Waals surface area contributed by atoms with Crippen molar-refractivity contribution >= 4 is 22.7 Å². The van der Waals surface area contributed by atoms with Crippen LogP contribution in [-0.2, 0) is 0 Å². The summed E-state index contributed by atoms with van der Waals surface area (Å²) in [5, 5.41) is 9.68. The Balaban J connectivity index is 2.01. The third-order valence-electron chi connectivity index (χ3n) is 2.55. The van der Waals surface area contributed by atoms with Crippen LogP contribution in [0.25, 0.3) is 10.9 Å². The Hall–Kier alpha value is -1.53. The molecule has 0 aliphatic rings. The Morgan fingerprint density at radius 1 is 1.18 bits per heavy atom. The van der Waals surface area contributed by atoms with Crippen molar-refractivity contribution in [2.75, 3.05) is 5.75 Å². The van der Waals surface area contributed by atoms with Crippen LogP contribution in [0, 0.1) is 11.3 Å². The number of fused-ring (bicyclic) bond motifs is 1. The quantitative estimate of drug-likeness (QED) is 0.587. The summed E-state index contributed by atoms with van der Waals surface area (Å²) in [5.74, 6) is 1.07. The maximum absolute atomic E-state index is 8.46. The fourth-order valence-corrected chi connectivity index (χ4v) is 2.74. The van der Waals surface area contributed by atoms with Crippen LogP contribution in [0.5, 0.6) is 0 Å². The van der Waals surface area contributed by atoms with Gasteiger partial charge in [-0.15, -0.1) is 11.8 Å². The lowest BCUT2D eigenvalue weighted by atomic mass is 10.2. The zero-order chi connectivity index (χ0) is 11.9. The first-order valence-electron chi connectivity index (χ1n) is 5.75. The predicted octanol–water partition coefficient (Wildman–Crippen LogP) is 4.02. The molecule has 2 nitrogen and oxygen atoms in total.